The number of hydrogen-bond donors (Lipinski definition) is 3. The van der Waals surface area contributed by atoms with Crippen molar-refractivity contribution in [3.05, 3.63) is 0 Å². The molecule has 0 aliphatic rings. The van der Waals surface area contributed by atoms with Crippen molar-refractivity contribution in [1.29, 1.82) is 0 Å². The zero-order chi connectivity index (χ0) is 69.4. The Morgan fingerprint density at radius 3 is 0.809 bits per heavy atom. The lowest BCUT2D eigenvalue weighted by molar-refractivity contribution is -0.161. The first kappa shape index (κ1) is 92.1. The Bertz CT molecular complexity index is 1840. The van der Waals surface area contributed by atoms with Crippen LogP contribution in [0, 0.1) is 17.8 Å². The predicted octanol–water partition coefficient (Wildman–Crippen LogP) is 21.8. The highest BCUT2D eigenvalue weighted by molar-refractivity contribution is 7.47. The van der Waals surface area contributed by atoms with Gasteiger partial charge in [-0.25, -0.2) is 9.13 Å². The molecule has 19 heteroatoms. The van der Waals surface area contributed by atoms with E-state index in [0.717, 1.165) is 108 Å². The average Bonchev–Trinajstić information content (AvgIpc) is 1.56. The van der Waals surface area contributed by atoms with Crippen molar-refractivity contribution in [2.75, 3.05) is 39.6 Å². The van der Waals surface area contributed by atoms with Crippen LogP contribution >= 0.6 is 15.6 Å². The molecule has 7 atom stereocenters. The molecule has 3 N–H and O–H groups in total. The summed E-state index contributed by atoms with van der Waals surface area (Å²) in [6.07, 6.45) is 51.1. The van der Waals surface area contributed by atoms with E-state index in [4.69, 9.17) is 37.0 Å². The minimum absolute atomic E-state index is 0.104. The van der Waals surface area contributed by atoms with E-state index in [0.29, 0.717) is 25.7 Å². The first-order chi connectivity index (χ1) is 45.3. The van der Waals surface area contributed by atoms with Gasteiger partial charge in [-0.15, -0.1) is 0 Å². The van der Waals surface area contributed by atoms with Crippen molar-refractivity contribution >= 4 is 39.5 Å². The van der Waals surface area contributed by atoms with Gasteiger partial charge in [0, 0.05) is 25.7 Å². The van der Waals surface area contributed by atoms with Gasteiger partial charge in [0.1, 0.15) is 19.3 Å². The van der Waals surface area contributed by atoms with Crippen molar-refractivity contribution in [2.45, 2.75) is 401 Å². The van der Waals surface area contributed by atoms with Gasteiger partial charge in [-0.3, -0.25) is 37.3 Å². The fourth-order valence-electron chi connectivity index (χ4n) is 11.4. The zero-order valence-corrected chi connectivity index (χ0v) is 63.2. The average molecular weight is 1380 g/mol. The van der Waals surface area contributed by atoms with E-state index >= 15 is 0 Å². The Balaban J connectivity index is 5.27. The number of hydrogen-bond acceptors (Lipinski definition) is 15. The highest BCUT2D eigenvalue weighted by atomic mass is 31.2. The van der Waals surface area contributed by atoms with Crippen molar-refractivity contribution in [1.82, 2.24) is 0 Å². The number of aliphatic hydroxyl groups excluding tert-OH is 1. The minimum Gasteiger partial charge on any atom is -0.462 e. The molecular formula is C75H146O17P2. The van der Waals surface area contributed by atoms with Crippen LogP contribution in [0.25, 0.3) is 0 Å². The SMILES string of the molecule is CCCCCCCCCCCCCCCC(=O)OC[C@H](COP(=O)(O)OC[C@@H](O)COP(=O)(O)OC[C@@H](COC(=O)CCCCCCCCCCC(C)CC)OC(=O)CCCCCCCCCCC(C)CC)OC(=O)CCCCCCCCCCCCCCCCC(C)C. The third kappa shape index (κ3) is 66.0. The molecular weight excluding hydrogens is 1230 g/mol. The highest BCUT2D eigenvalue weighted by Gasteiger charge is 2.30. The van der Waals surface area contributed by atoms with Crippen LogP contribution in [0.15, 0.2) is 0 Å². The smallest absolute Gasteiger partial charge is 0.462 e. The fraction of sp³-hybridized carbons (Fsp3) is 0.947. The number of phosphoric acid groups is 2. The molecule has 0 aliphatic carbocycles. The number of ether oxygens (including phenoxy) is 4. The Kier molecular flexibility index (Phi) is 64.3. The number of carbonyl (C=O) groups excluding carboxylic acids is 4. The summed E-state index contributed by atoms with van der Waals surface area (Å²) in [6.45, 7) is 11.9. The molecule has 0 radical (unpaired) electrons. The van der Waals surface area contributed by atoms with E-state index in [2.05, 4.69) is 48.5 Å². The molecule has 0 aliphatic heterocycles. The summed E-state index contributed by atoms with van der Waals surface area (Å²) in [5.74, 6) is 0.223. The molecule has 0 aromatic carbocycles. The molecule has 0 saturated carbocycles. The number of esters is 4. The van der Waals surface area contributed by atoms with Crippen molar-refractivity contribution in [2.24, 2.45) is 17.8 Å². The van der Waals surface area contributed by atoms with Gasteiger partial charge in [-0.1, -0.05) is 331 Å². The molecule has 0 fully saturated rings. The molecule has 0 saturated heterocycles. The first-order valence-corrected chi connectivity index (χ1v) is 41.9. The third-order valence-electron chi connectivity index (χ3n) is 18.1. The maximum Gasteiger partial charge on any atom is 0.472 e. The second-order valence-corrected chi connectivity index (χ2v) is 30.9. The van der Waals surface area contributed by atoms with E-state index in [1.165, 1.54) is 193 Å². The van der Waals surface area contributed by atoms with Crippen LogP contribution in [-0.4, -0.2) is 96.7 Å². The summed E-state index contributed by atoms with van der Waals surface area (Å²) in [5.41, 5.74) is 0. The number of phosphoric ester groups is 2. The molecule has 0 amide bonds. The summed E-state index contributed by atoms with van der Waals surface area (Å²) in [5, 5.41) is 10.6. The van der Waals surface area contributed by atoms with Gasteiger partial charge in [0.05, 0.1) is 26.4 Å². The zero-order valence-electron chi connectivity index (χ0n) is 61.4. The molecule has 0 aromatic rings. The molecule has 0 spiro atoms. The van der Waals surface area contributed by atoms with Gasteiger partial charge in [-0.05, 0) is 43.4 Å². The van der Waals surface area contributed by atoms with Crippen molar-refractivity contribution in [3.8, 4) is 0 Å². The number of aliphatic hydroxyl groups is 1. The maximum absolute atomic E-state index is 13.1. The monoisotopic (exact) mass is 1380 g/mol. The van der Waals surface area contributed by atoms with Crippen LogP contribution < -0.4 is 0 Å². The molecule has 0 aromatic heterocycles. The molecule has 0 heterocycles. The topological polar surface area (TPSA) is 237 Å². The Hall–Kier alpha value is -1.94. The van der Waals surface area contributed by atoms with Crippen LogP contribution in [0.1, 0.15) is 382 Å². The molecule has 558 valence electrons. The van der Waals surface area contributed by atoms with Gasteiger partial charge < -0.3 is 33.8 Å². The second-order valence-electron chi connectivity index (χ2n) is 28.0. The van der Waals surface area contributed by atoms with E-state index in [1.54, 1.807) is 0 Å². The molecule has 4 unspecified atom stereocenters. The van der Waals surface area contributed by atoms with Crippen LogP contribution in [0.2, 0.25) is 0 Å². The van der Waals surface area contributed by atoms with Crippen molar-refractivity contribution < 1.29 is 80.2 Å². The fourth-order valence-corrected chi connectivity index (χ4v) is 12.9. The van der Waals surface area contributed by atoms with E-state index in [-0.39, 0.29) is 25.7 Å². The summed E-state index contributed by atoms with van der Waals surface area (Å²) < 4.78 is 68.5. The van der Waals surface area contributed by atoms with Gasteiger partial charge in [-0.2, -0.15) is 0 Å². The normalized spacial score (nSPS) is 14.7. The van der Waals surface area contributed by atoms with Crippen LogP contribution in [0.4, 0.5) is 0 Å². The lowest BCUT2D eigenvalue weighted by Gasteiger charge is -2.21. The number of rotatable bonds is 73. The number of carbonyl (C=O) groups is 4. The van der Waals surface area contributed by atoms with Gasteiger partial charge >= 0.3 is 39.5 Å². The van der Waals surface area contributed by atoms with Crippen LogP contribution in [-0.2, 0) is 65.4 Å². The highest BCUT2D eigenvalue weighted by Crippen LogP contribution is 2.45. The van der Waals surface area contributed by atoms with Gasteiger partial charge in [0.25, 0.3) is 0 Å². The summed E-state index contributed by atoms with van der Waals surface area (Å²) in [6, 6.07) is 0. The van der Waals surface area contributed by atoms with E-state index < -0.39 is 97.5 Å². The first-order valence-electron chi connectivity index (χ1n) is 38.9. The summed E-state index contributed by atoms with van der Waals surface area (Å²) >= 11 is 0. The minimum atomic E-state index is -4.96. The maximum atomic E-state index is 13.1. The Morgan fingerprint density at radius 1 is 0.309 bits per heavy atom. The predicted molar refractivity (Wildman–Crippen MR) is 381 cm³/mol. The summed E-state index contributed by atoms with van der Waals surface area (Å²) in [7, 11) is -9.91. The molecule has 0 rings (SSSR count). The lowest BCUT2D eigenvalue weighted by atomic mass is 9.99. The Morgan fingerprint density at radius 2 is 0.543 bits per heavy atom. The quantitative estimate of drug-likeness (QED) is 0.0222. The van der Waals surface area contributed by atoms with Crippen LogP contribution in [0.5, 0.6) is 0 Å². The number of unbranched alkanes of at least 4 members (excludes halogenated alkanes) is 39. The van der Waals surface area contributed by atoms with Crippen molar-refractivity contribution in [3.63, 3.8) is 0 Å². The van der Waals surface area contributed by atoms with Gasteiger partial charge in [0.2, 0.25) is 0 Å². The lowest BCUT2D eigenvalue weighted by Crippen LogP contribution is -2.30. The second kappa shape index (κ2) is 65.7. The third-order valence-corrected chi connectivity index (χ3v) is 20.0. The summed E-state index contributed by atoms with van der Waals surface area (Å²) in [4.78, 5) is 72.8. The largest absolute Gasteiger partial charge is 0.472 e. The molecule has 94 heavy (non-hydrogen) atoms. The van der Waals surface area contributed by atoms with E-state index in [1.807, 2.05) is 0 Å². The van der Waals surface area contributed by atoms with Crippen LogP contribution in [0.3, 0.4) is 0 Å². The van der Waals surface area contributed by atoms with E-state index in [9.17, 15) is 43.2 Å². The van der Waals surface area contributed by atoms with Gasteiger partial charge in [0.15, 0.2) is 12.2 Å². The molecule has 0 bridgehead atoms. The standard InChI is InChI=1S/C75H146O17P2/c1-8-11-12-13-14-15-16-19-23-26-35-42-49-56-72(77)85-62-70(91-74(79)58-51-44-37-27-24-21-18-17-20-22-25-32-39-46-53-66(4)5)64-89-93(81,82)87-60-69(76)61-88-94(83,84)90-65-71(92-75(80)59-52-45-38-31-29-34-41-48-55-68(7)10-3)63-86-73(78)57-50-43-36-30-28-33-40-47-54-67(6)9-2/h66-71,76H,8-65H2,1-7H3,(H,81,82)(H,83,84)/t67?,68?,69-,70-,71-/m1/s1. The Labute approximate surface area is 575 Å². The molecule has 17 nitrogen and oxygen atoms in total.